The summed E-state index contributed by atoms with van der Waals surface area (Å²) >= 11 is 0. The van der Waals surface area contributed by atoms with Crippen LogP contribution < -0.4 is 22.9 Å². The Labute approximate surface area is 151 Å². The average Bonchev–Trinajstić information content (AvgIpc) is 2.54. The summed E-state index contributed by atoms with van der Waals surface area (Å²) < 4.78 is 0. The highest BCUT2D eigenvalue weighted by atomic mass is 14.7. The van der Waals surface area contributed by atoms with Gasteiger partial charge in [-0.3, -0.25) is 0 Å². The molecule has 0 radical (unpaired) electrons. The van der Waals surface area contributed by atoms with Crippen LogP contribution in [-0.4, -0.2) is 24.7 Å². The van der Waals surface area contributed by atoms with Crippen molar-refractivity contribution in [1.82, 2.24) is 0 Å². The van der Waals surface area contributed by atoms with Crippen molar-refractivity contribution in [2.24, 2.45) is 28.9 Å². The molecule has 0 fully saturated rings. The van der Waals surface area contributed by atoms with Crippen LogP contribution in [0.15, 0.2) is 0 Å². The van der Waals surface area contributed by atoms with Gasteiger partial charge in [-0.1, -0.05) is 51.9 Å². The van der Waals surface area contributed by atoms with Crippen LogP contribution in [-0.2, 0) is 0 Å². The second kappa shape index (κ2) is 15.1. The highest BCUT2D eigenvalue weighted by Gasteiger charge is 2.19. The van der Waals surface area contributed by atoms with Gasteiger partial charge in [-0.2, -0.15) is 0 Å². The fraction of sp³-hybridized carbons (Fsp3) is 1.00. The van der Waals surface area contributed by atoms with Gasteiger partial charge in [-0.05, 0) is 64.5 Å². The van der Waals surface area contributed by atoms with E-state index in [1.165, 1.54) is 44.9 Å². The molecule has 0 bridgehead atoms. The lowest BCUT2D eigenvalue weighted by atomic mass is 9.86. The van der Waals surface area contributed by atoms with E-state index in [0.717, 1.165) is 51.6 Å². The molecule has 146 valence electrons. The van der Waals surface area contributed by atoms with Crippen LogP contribution in [0.4, 0.5) is 0 Å². The normalized spacial score (nSPS) is 16.8. The van der Waals surface area contributed by atoms with Crippen molar-refractivity contribution < 1.29 is 0 Å². The summed E-state index contributed by atoms with van der Waals surface area (Å²) in [6.07, 6.45) is 15.5. The van der Waals surface area contributed by atoms with E-state index in [-0.39, 0.29) is 5.54 Å². The second-order valence-corrected chi connectivity index (χ2v) is 8.13. The molecule has 3 atom stereocenters. The minimum Gasteiger partial charge on any atom is -0.330 e. The number of rotatable bonds is 17. The van der Waals surface area contributed by atoms with E-state index < -0.39 is 0 Å². The molecule has 0 saturated heterocycles. The van der Waals surface area contributed by atoms with Crippen LogP contribution in [0.5, 0.6) is 0 Å². The van der Waals surface area contributed by atoms with Crippen LogP contribution in [0.1, 0.15) is 97.3 Å². The first-order chi connectivity index (χ1) is 11.4. The van der Waals surface area contributed by atoms with Crippen LogP contribution >= 0.6 is 0 Å². The molecule has 0 rings (SSSR count). The maximum absolute atomic E-state index is 6.44. The first-order valence-corrected chi connectivity index (χ1v) is 10.4. The lowest BCUT2D eigenvalue weighted by Crippen LogP contribution is -2.37. The average molecular weight is 343 g/mol. The zero-order valence-corrected chi connectivity index (χ0v) is 16.6. The molecule has 0 amide bonds. The van der Waals surface area contributed by atoms with E-state index >= 15 is 0 Å². The maximum atomic E-state index is 6.44. The molecule has 0 heterocycles. The molecule has 4 nitrogen and oxygen atoms in total. The Morgan fingerprint density at radius 2 is 1.21 bits per heavy atom. The number of nitrogens with two attached hydrogens (primary N) is 4. The molecule has 0 saturated carbocycles. The van der Waals surface area contributed by atoms with Gasteiger partial charge < -0.3 is 22.9 Å². The molecule has 0 spiro atoms. The van der Waals surface area contributed by atoms with Crippen LogP contribution in [0, 0.1) is 5.92 Å². The van der Waals surface area contributed by atoms with Gasteiger partial charge >= 0.3 is 0 Å². The molecule has 0 aromatic rings. The second-order valence-electron chi connectivity index (χ2n) is 8.13. The van der Waals surface area contributed by atoms with E-state index in [2.05, 4.69) is 13.8 Å². The van der Waals surface area contributed by atoms with Crippen molar-refractivity contribution >= 4 is 0 Å². The van der Waals surface area contributed by atoms with Gasteiger partial charge in [0, 0.05) is 11.6 Å². The van der Waals surface area contributed by atoms with Crippen molar-refractivity contribution in [2.45, 2.75) is 109 Å². The van der Waals surface area contributed by atoms with E-state index in [4.69, 9.17) is 22.9 Å². The molecule has 0 aliphatic rings. The van der Waals surface area contributed by atoms with Crippen molar-refractivity contribution in [3.8, 4) is 0 Å². The van der Waals surface area contributed by atoms with Gasteiger partial charge in [0.25, 0.3) is 0 Å². The Balaban J connectivity index is 3.70. The van der Waals surface area contributed by atoms with E-state index in [0.29, 0.717) is 12.0 Å². The summed E-state index contributed by atoms with van der Waals surface area (Å²) in [5.74, 6) is 0.614. The summed E-state index contributed by atoms with van der Waals surface area (Å²) in [5, 5.41) is 0. The Morgan fingerprint density at radius 3 is 1.79 bits per heavy atom. The number of hydrogen-bond donors (Lipinski definition) is 4. The Kier molecular flexibility index (Phi) is 15.0. The Bertz CT molecular complexity index is 268. The van der Waals surface area contributed by atoms with Gasteiger partial charge in [0.2, 0.25) is 0 Å². The summed E-state index contributed by atoms with van der Waals surface area (Å²) in [5.41, 5.74) is 23.8. The quantitative estimate of drug-likeness (QED) is 0.303. The zero-order chi connectivity index (χ0) is 18.3. The van der Waals surface area contributed by atoms with Gasteiger partial charge in [0.1, 0.15) is 0 Å². The largest absolute Gasteiger partial charge is 0.330 e. The summed E-state index contributed by atoms with van der Waals surface area (Å²) in [4.78, 5) is 0. The molecular weight excluding hydrogens is 296 g/mol. The van der Waals surface area contributed by atoms with Gasteiger partial charge in [-0.25, -0.2) is 0 Å². The van der Waals surface area contributed by atoms with Crippen molar-refractivity contribution in [3.63, 3.8) is 0 Å². The lowest BCUT2D eigenvalue weighted by molar-refractivity contribution is 0.334. The number of hydrogen-bond acceptors (Lipinski definition) is 4. The predicted octanol–water partition coefficient (Wildman–Crippen LogP) is 3.66. The summed E-state index contributed by atoms with van der Waals surface area (Å²) in [7, 11) is 0. The first-order valence-electron chi connectivity index (χ1n) is 10.4. The molecular formula is C20H46N4. The van der Waals surface area contributed by atoms with Gasteiger partial charge in [-0.15, -0.1) is 0 Å². The molecule has 24 heavy (non-hydrogen) atoms. The smallest absolute Gasteiger partial charge is 0.0125 e. The van der Waals surface area contributed by atoms with Crippen LogP contribution in [0.2, 0.25) is 0 Å². The molecule has 4 heteroatoms. The third-order valence-corrected chi connectivity index (χ3v) is 5.33. The third kappa shape index (κ3) is 14.2. The predicted molar refractivity (Wildman–Crippen MR) is 108 cm³/mol. The third-order valence-electron chi connectivity index (χ3n) is 5.33. The Hall–Kier alpha value is -0.160. The summed E-state index contributed by atoms with van der Waals surface area (Å²) in [6.45, 7) is 6.12. The zero-order valence-electron chi connectivity index (χ0n) is 16.6. The van der Waals surface area contributed by atoms with Crippen LogP contribution in [0.25, 0.3) is 0 Å². The molecule has 0 aromatic carbocycles. The molecule has 8 N–H and O–H groups in total. The molecule has 0 aliphatic carbocycles. The van der Waals surface area contributed by atoms with Gasteiger partial charge in [0.15, 0.2) is 0 Å². The monoisotopic (exact) mass is 342 g/mol. The topological polar surface area (TPSA) is 104 Å². The summed E-state index contributed by atoms with van der Waals surface area (Å²) in [6, 6.07) is 0.319. The van der Waals surface area contributed by atoms with Crippen molar-refractivity contribution in [1.29, 1.82) is 0 Å². The fourth-order valence-electron chi connectivity index (χ4n) is 3.36. The number of unbranched alkanes of at least 4 members (excludes halogenated alkanes) is 6. The maximum Gasteiger partial charge on any atom is 0.0125 e. The highest BCUT2D eigenvalue weighted by molar-refractivity contribution is 4.80. The Morgan fingerprint density at radius 1 is 0.708 bits per heavy atom. The lowest BCUT2D eigenvalue weighted by Gasteiger charge is -2.26. The van der Waals surface area contributed by atoms with Gasteiger partial charge in [0.05, 0.1) is 0 Å². The van der Waals surface area contributed by atoms with E-state index in [1.807, 2.05) is 0 Å². The minimum absolute atomic E-state index is 0.0338. The minimum atomic E-state index is -0.0338. The molecule has 0 aromatic heterocycles. The molecule has 0 aliphatic heterocycles. The van der Waals surface area contributed by atoms with Crippen molar-refractivity contribution in [2.75, 3.05) is 13.1 Å². The van der Waals surface area contributed by atoms with Crippen LogP contribution in [0.3, 0.4) is 0 Å². The standard InChI is InChI=1S/C20H46N4/c1-18(12-7-3-5-9-16-21)19(23)13-11-15-20(2,24)14-8-4-6-10-17-22/h18-19H,3-17,21-24H2,1-2H3. The highest BCUT2D eigenvalue weighted by Crippen LogP contribution is 2.22. The first kappa shape index (κ1) is 23.8. The van der Waals surface area contributed by atoms with E-state index in [9.17, 15) is 0 Å². The van der Waals surface area contributed by atoms with E-state index in [1.54, 1.807) is 0 Å². The molecule has 3 unspecified atom stereocenters. The van der Waals surface area contributed by atoms with Crippen molar-refractivity contribution in [3.05, 3.63) is 0 Å². The SMILES string of the molecule is CC(CCCCCCN)C(N)CCCC(C)(N)CCCCCCN. The fourth-order valence-corrected chi connectivity index (χ4v) is 3.36.